The van der Waals surface area contributed by atoms with Crippen LogP contribution in [0.4, 0.5) is 5.82 Å². The lowest BCUT2D eigenvalue weighted by Gasteiger charge is -2.30. The number of aromatic nitrogens is 4. The molecular formula is C25H26N6O. The number of hydrogen-bond acceptors (Lipinski definition) is 5. The monoisotopic (exact) mass is 426 g/mol. The van der Waals surface area contributed by atoms with Crippen LogP contribution in [-0.2, 0) is 11.2 Å². The number of amides is 1. The standard InChI is InChI=1S/C25H26N6O/c32-25(16-18-4-2-1-3-5-18)29-21-8-6-20(7-9-21)28-23-10-11-24-27-17-22(31(24)30-23)19-12-14-26-15-13-19/h1-5,10-15,17,20-21H,6-9,16H2,(H,28,30)(H,29,32). The second-order valence-corrected chi connectivity index (χ2v) is 8.29. The highest BCUT2D eigenvalue weighted by atomic mass is 16.1. The molecule has 0 bridgehead atoms. The number of carbonyl (C=O) groups is 1. The van der Waals surface area contributed by atoms with Crippen molar-refractivity contribution in [3.05, 3.63) is 78.8 Å². The summed E-state index contributed by atoms with van der Waals surface area (Å²) < 4.78 is 1.87. The largest absolute Gasteiger partial charge is 0.366 e. The maximum absolute atomic E-state index is 12.4. The van der Waals surface area contributed by atoms with Crippen molar-refractivity contribution in [3.63, 3.8) is 0 Å². The van der Waals surface area contributed by atoms with Crippen LogP contribution < -0.4 is 10.6 Å². The minimum Gasteiger partial charge on any atom is -0.366 e. The summed E-state index contributed by atoms with van der Waals surface area (Å²) in [5.41, 5.74) is 3.83. The van der Waals surface area contributed by atoms with Crippen molar-refractivity contribution in [2.24, 2.45) is 0 Å². The molecule has 2 N–H and O–H groups in total. The fourth-order valence-electron chi connectivity index (χ4n) is 4.32. The molecule has 0 spiro atoms. The van der Waals surface area contributed by atoms with E-state index in [0.29, 0.717) is 12.5 Å². The average molecular weight is 427 g/mol. The highest BCUT2D eigenvalue weighted by Crippen LogP contribution is 2.24. The van der Waals surface area contributed by atoms with Gasteiger partial charge in [0.05, 0.1) is 18.3 Å². The third kappa shape index (κ3) is 4.61. The summed E-state index contributed by atoms with van der Waals surface area (Å²) in [7, 11) is 0. The van der Waals surface area contributed by atoms with Gasteiger partial charge in [-0.3, -0.25) is 9.78 Å². The van der Waals surface area contributed by atoms with Crippen molar-refractivity contribution in [2.75, 3.05) is 5.32 Å². The van der Waals surface area contributed by atoms with Crippen LogP contribution in [0.25, 0.3) is 16.9 Å². The predicted molar refractivity (Wildman–Crippen MR) is 124 cm³/mol. The molecule has 162 valence electrons. The maximum atomic E-state index is 12.4. The van der Waals surface area contributed by atoms with Crippen LogP contribution in [0.2, 0.25) is 0 Å². The van der Waals surface area contributed by atoms with Crippen LogP contribution in [0.3, 0.4) is 0 Å². The van der Waals surface area contributed by atoms with Crippen LogP contribution in [0, 0.1) is 0 Å². The highest BCUT2D eigenvalue weighted by molar-refractivity contribution is 5.78. The Morgan fingerprint density at radius 2 is 1.69 bits per heavy atom. The van der Waals surface area contributed by atoms with Crippen molar-refractivity contribution in [1.82, 2.24) is 24.9 Å². The molecule has 1 aliphatic carbocycles. The maximum Gasteiger partial charge on any atom is 0.224 e. The Morgan fingerprint density at radius 1 is 0.938 bits per heavy atom. The van der Waals surface area contributed by atoms with Gasteiger partial charge in [0.15, 0.2) is 5.65 Å². The summed E-state index contributed by atoms with van der Waals surface area (Å²) in [6.07, 6.45) is 9.75. The Hall–Kier alpha value is -3.74. The summed E-state index contributed by atoms with van der Waals surface area (Å²) in [5.74, 6) is 0.936. The molecule has 0 aliphatic heterocycles. The molecule has 0 saturated heterocycles. The van der Waals surface area contributed by atoms with E-state index in [4.69, 9.17) is 5.10 Å². The molecule has 0 radical (unpaired) electrons. The Balaban J connectivity index is 1.18. The number of benzene rings is 1. The van der Waals surface area contributed by atoms with Crippen LogP contribution in [0.1, 0.15) is 31.2 Å². The van der Waals surface area contributed by atoms with Gasteiger partial charge in [-0.2, -0.15) is 0 Å². The van der Waals surface area contributed by atoms with Gasteiger partial charge in [0, 0.05) is 30.0 Å². The van der Waals surface area contributed by atoms with E-state index in [-0.39, 0.29) is 11.9 Å². The van der Waals surface area contributed by atoms with Crippen molar-refractivity contribution in [1.29, 1.82) is 0 Å². The number of nitrogens with zero attached hydrogens (tertiary/aromatic N) is 4. The second kappa shape index (κ2) is 9.18. The van der Waals surface area contributed by atoms with E-state index in [9.17, 15) is 4.79 Å². The third-order valence-corrected chi connectivity index (χ3v) is 5.99. The number of rotatable bonds is 6. The number of carbonyl (C=O) groups excluding carboxylic acids is 1. The van der Waals surface area contributed by atoms with Crippen molar-refractivity contribution < 1.29 is 4.79 Å². The lowest BCUT2D eigenvalue weighted by molar-refractivity contribution is -0.121. The minimum atomic E-state index is 0.100. The SMILES string of the molecule is O=C(Cc1ccccc1)NC1CCC(Nc2ccc3ncc(-c4ccncc4)n3n2)CC1. The Kier molecular flexibility index (Phi) is 5.79. The zero-order valence-corrected chi connectivity index (χ0v) is 17.8. The van der Waals surface area contributed by atoms with Gasteiger partial charge in [0.25, 0.3) is 0 Å². The molecule has 3 heterocycles. The Morgan fingerprint density at radius 3 is 2.47 bits per heavy atom. The first kappa shape index (κ1) is 20.2. The second-order valence-electron chi connectivity index (χ2n) is 8.29. The number of hydrogen-bond donors (Lipinski definition) is 2. The number of anilines is 1. The van der Waals surface area contributed by atoms with E-state index in [1.54, 1.807) is 12.4 Å². The molecule has 1 saturated carbocycles. The normalized spacial score (nSPS) is 18.4. The number of nitrogens with one attached hydrogen (secondary N) is 2. The quantitative estimate of drug-likeness (QED) is 0.489. The smallest absolute Gasteiger partial charge is 0.224 e. The van der Waals surface area contributed by atoms with Gasteiger partial charge in [0.1, 0.15) is 5.82 Å². The molecule has 4 aromatic rings. The minimum absolute atomic E-state index is 0.100. The van der Waals surface area contributed by atoms with E-state index in [0.717, 1.165) is 54.0 Å². The van der Waals surface area contributed by atoms with E-state index in [1.165, 1.54) is 0 Å². The van der Waals surface area contributed by atoms with Gasteiger partial charge in [-0.25, -0.2) is 9.50 Å². The molecule has 0 atom stereocenters. The van der Waals surface area contributed by atoms with Gasteiger partial charge in [-0.05, 0) is 55.5 Å². The van der Waals surface area contributed by atoms with E-state index < -0.39 is 0 Å². The molecule has 3 aromatic heterocycles. The molecule has 1 aliphatic rings. The van der Waals surface area contributed by atoms with E-state index in [1.807, 2.05) is 65.3 Å². The van der Waals surface area contributed by atoms with Crippen LogP contribution in [0.5, 0.6) is 0 Å². The van der Waals surface area contributed by atoms with Gasteiger partial charge in [0.2, 0.25) is 5.91 Å². The highest BCUT2D eigenvalue weighted by Gasteiger charge is 2.23. The number of imidazole rings is 1. The molecule has 7 heteroatoms. The molecule has 0 unspecified atom stereocenters. The molecule has 1 fully saturated rings. The summed E-state index contributed by atoms with van der Waals surface area (Å²) >= 11 is 0. The molecule has 32 heavy (non-hydrogen) atoms. The lowest BCUT2D eigenvalue weighted by atomic mass is 9.91. The predicted octanol–water partition coefficient (Wildman–Crippen LogP) is 3.87. The van der Waals surface area contributed by atoms with Crippen LogP contribution in [0.15, 0.2) is 73.2 Å². The molecular weight excluding hydrogens is 400 g/mol. The van der Waals surface area contributed by atoms with Crippen LogP contribution in [-0.4, -0.2) is 37.6 Å². The Bertz CT molecular complexity index is 1180. The van der Waals surface area contributed by atoms with E-state index >= 15 is 0 Å². The fraction of sp³-hybridized carbons (Fsp3) is 0.280. The van der Waals surface area contributed by atoms with Crippen LogP contribution >= 0.6 is 0 Å². The topological polar surface area (TPSA) is 84.2 Å². The summed E-state index contributed by atoms with van der Waals surface area (Å²) in [6.45, 7) is 0. The summed E-state index contributed by atoms with van der Waals surface area (Å²) in [4.78, 5) is 20.9. The van der Waals surface area contributed by atoms with Crippen molar-refractivity contribution >= 4 is 17.4 Å². The van der Waals surface area contributed by atoms with Crippen molar-refractivity contribution in [3.8, 4) is 11.3 Å². The fourth-order valence-corrected chi connectivity index (χ4v) is 4.32. The summed E-state index contributed by atoms with van der Waals surface area (Å²) in [6, 6.07) is 18.3. The summed E-state index contributed by atoms with van der Waals surface area (Å²) in [5, 5.41) is 11.5. The first-order valence-corrected chi connectivity index (χ1v) is 11.1. The van der Waals surface area contributed by atoms with Crippen molar-refractivity contribution in [2.45, 2.75) is 44.2 Å². The first-order valence-electron chi connectivity index (χ1n) is 11.1. The van der Waals surface area contributed by atoms with Gasteiger partial charge in [-0.15, -0.1) is 5.10 Å². The zero-order valence-electron chi connectivity index (χ0n) is 17.8. The molecule has 5 rings (SSSR count). The zero-order chi connectivity index (χ0) is 21.8. The molecule has 1 aromatic carbocycles. The first-order chi connectivity index (χ1) is 15.7. The van der Waals surface area contributed by atoms with Gasteiger partial charge < -0.3 is 10.6 Å². The van der Waals surface area contributed by atoms with Gasteiger partial charge >= 0.3 is 0 Å². The number of pyridine rings is 1. The molecule has 7 nitrogen and oxygen atoms in total. The van der Waals surface area contributed by atoms with E-state index in [2.05, 4.69) is 20.6 Å². The Labute approximate surface area is 186 Å². The molecule has 1 amide bonds. The number of fused-ring (bicyclic) bond motifs is 1. The third-order valence-electron chi connectivity index (χ3n) is 5.99. The lowest BCUT2D eigenvalue weighted by Crippen LogP contribution is -2.40. The average Bonchev–Trinajstić information content (AvgIpc) is 3.25. The van der Waals surface area contributed by atoms with Gasteiger partial charge in [-0.1, -0.05) is 30.3 Å².